The van der Waals surface area contributed by atoms with E-state index in [0.717, 1.165) is 0 Å². The lowest BCUT2D eigenvalue weighted by Gasteiger charge is -2.31. The van der Waals surface area contributed by atoms with Crippen LogP contribution < -0.4 is 0 Å². The molecule has 0 aliphatic carbocycles. The summed E-state index contributed by atoms with van der Waals surface area (Å²) in [6.07, 6.45) is 0. The normalized spacial score (nSPS) is 19.9. The fourth-order valence-corrected chi connectivity index (χ4v) is 4.86. The van der Waals surface area contributed by atoms with Gasteiger partial charge in [-0.05, 0) is 37.1 Å². The molecule has 0 saturated carbocycles. The summed E-state index contributed by atoms with van der Waals surface area (Å²) < 4.78 is 10.2. The number of esters is 1. The molecule has 2 fully saturated rings. The fourth-order valence-electron chi connectivity index (χ4n) is 4.86. The van der Waals surface area contributed by atoms with Gasteiger partial charge in [0.15, 0.2) is 0 Å². The number of rotatable bonds is 7. The second-order valence-corrected chi connectivity index (χ2v) is 8.91. The van der Waals surface area contributed by atoms with E-state index >= 15 is 0 Å². The summed E-state index contributed by atoms with van der Waals surface area (Å²) in [5.41, 5.74) is 1.26. The van der Waals surface area contributed by atoms with E-state index in [2.05, 4.69) is 9.88 Å². The molecule has 0 bridgehead atoms. The standard InChI is InChI=1S/C25H28N4O8/c1-14-18(15(2)26-20(14)25(33)36-3)22(30)19-21(16-4-6-17(7-5-16)29(34)35)28(24(32)23(19)31)9-8-27-10-12-37-13-11-27/h4-7,21,26,30H,8-13H2,1-3H3. The molecule has 0 radical (unpaired) electrons. The van der Waals surface area contributed by atoms with Crippen molar-refractivity contribution in [1.29, 1.82) is 0 Å². The third-order valence-corrected chi connectivity index (χ3v) is 6.78. The van der Waals surface area contributed by atoms with Gasteiger partial charge in [0.1, 0.15) is 11.5 Å². The summed E-state index contributed by atoms with van der Waals surface area (Å²) in [6.45, 7) is 6.41. The number of aryl methyl sites for hydroxylation is 1. The number of benzene rings is 1. The van der Waals surface area contributed by atoms with E-state index in [1.807, 2.05) is 0 Å². The second kappa shape index (κ2) is 10.5. The van der Waals surface area contributed by atoms with Crippen molar-refractivity contribution in [3.05, 3.63) is 68.0 Å². The van der Waals surface area contributed by atoms with Crippen molar-refractivity contribution in [2.75, 3.05) is 46.5 Å². The monoisotopic (exact) mass is 512 g/mol. The number of nitro benzene ring substituents is 1. The largest absolute Gasteiger partial charge is 0.507 e. The quantitative estimate of drug-likeness (QED) is 0.142. The molecular weight excluding hydrogens is 484 g/mol. The highest BCUT2D eigenvalue weighted by atomic mass is 16.6. The molecule has 1 unspecified atom stereocenters. The maximum absolute atomic E-state index is 13.3. The first kappa shape index (κ1) is 26.0. The van der Waals surface area contributed by atoms with E-state index in [1.54, 1.807) is 13.8 Å². The average Bonchev–Trinajstić information content (AvgIpc) is 3.34. The molecule has 12 nitrogen and oxygen atoms in total. The van der Waals surface area contributed by atoms with E-state index < -0.39 is 34.4 Å². The molecule has 2 aromatic rings. The van der Waals surface area contributed by atoms with Crippen LogP contribution >= 0.6 is 0 Å². The minimum absolute atomic E-state index is 0.120. The Hall–Kier alpha value is -4.03. The van der Waals surface area contributed by atoms with Crippen molar-refractivity contribution in [2.45, 2.75) is 19.9 Å². The predicted molar refractivity (Wildman–Crippen MR) is 131 cm³/mol. The number of non-ortho nitro benzene ring substituents is 1. The van der Waals surface area contributed by atoms with E-state index in [1.165, 1.54) is 36.3 Å². The van der Waals surface area contributed by atoms with Gasteiger partial charge in [0.25, 0.3) is 17.4 Å². The molecule has 2 saturated heterocycles. The van der Waals surface area contributed by atoms with Crippen LogP contribution in [0.2, 0.25) is 0 Å². The zero-order valence-corrected chi connectivity index (χ0v) is 20.8. The van der Waals surface area contributed by atoms with E-state index in [9.17, 15) is 29.6 Å². The number of nitro groups is 1. The molecule has 0 spiro atoms. The third-order valence-electron chi connectivity index (χ3n) is 6.78. The molecule has 2 aliphatic heterocycles. The lowest BCUT2D eigenvalue weighted by Crippen LogP contribution is -2.42. The lowest BCUT2D eigenvalue weighted by atomic mass is 9.94. The van der Waals surface area contributed by atoms with Gasteiger partial charge < -0.3 is 24.5 Å². The molecule has 2 aliphatic rings. The maximum atomic E-state index is 13.3. The van der Waals surface area contributed by atoms with E-state index in [4.69, 9.17) is 9.47 Å². The number of amides is 1. The first-order chi connectivity index (χ1) is 17.6. The number of aromatic amines is 1. The number of carbonyl (C=O) groups is 3. The van der Waals surface area contributed by atoms with Crippen LogP contribution in [0.4, 0.5) is 5.69 Å². The molecule has 3 heterocycles. The highest BCUT2D eigenvalue weighted by Crippen LogP contribution is 2.41. The Morgan fingerprint density at radius 2 is 1.84 bits per heavy atom. The Morgan fingerprint density at radius 1 is 1.19 bits per heavy atom. The summed E-state index contributed by atoms with van der Waals surface area (Å²) >= 11 is 0. The number of morpholine rings is 1. The number of ketones is 1. The summed E-state index contributed by atoms with van der Waals surface area (Å²) in [7, 11) is 1.23. The number of nitrogens with one attached hydrogen (secondary N) is 1. The molecule has 37 heavy (non-hydrogen) atoms. The number of hydrogen-bond acceptors (Lipinski definition) is 9. The van der Waals surface area contributed by atoms with Crippen molar-refractivity contribution >= 4 is 29.1 Å². The number of H-pyrrole nitrogens is 1. The Balaban J connectivity index is 1.81. The summed E-state index contributed by atoms with van der Waals surface area (Å²) in [6, 6.07) is 4.55. The van der Waals surface area contributed by atoms with Gasteiger partial charge in [-0.1, -0.05) is 0 Å². The van der Waals surface area contributed by atoms with Crippen molar-refractivity contribution in [3.8, 4) is 0 Å². The smallest absolute Gasteiger partial charge is 0.354 e. The second-order valence-electron chi connectivity index (χ2n) is 8.91. The Bertz CT molecular complexity index is 1270. The summed E-state index contributed by atoms with van der Waals surface area (Å²) in [5, 5.41) is 22.6. The van der Waals surface area contributed by atoms with Crippen molar-refractivity contribution in [2.24, 2.45) is 0 Å². The van der Waals surface area contributed by atoms with Crippen LogP contribution in [0, 0.1) is 24.0 Å². The fraction of sp³-hybridized carbons (Fsp3) is 0.400. The van der Waals surface area contributed by atoms with Gasteiger partial charge in [0.05, 0.1) is 36.9 Å². The highest BCUT2D eigenvalue weighted by Gasteiger charge is 2.46. The minimum Gasteiger partial charge on any atom is -0.507 e. The van der Waals surface area contributed by atoms with Crippen LogP contribution in [0.5, 0.6) is 0 Å². The number of aliphatic hydroxyl groups excluding tert-OH is 1. The van der Waals surface area contributed by atoms with Gasteiger partial charge >= 0.3 is 5.97 Å². The highest BCUT2D eigenvalue weighted by molar-refractivity contribution is 6.46. The van der Waals surface area contributed by atoms with Gasteiger partial charge in [0.2, 0.25) is 0 Å². The van der Waals surface area contributed by atoms with Crippen LogP contribution in [0.3, 0.4) is 0 Å². The average molecular weight is 513 g/mol. The molecule has 4 rings (SSSR count). The van der Waals surface area contributed by atoms with Crippen molar-refractivity contribution in [3.63, 3.8) is 0 Å². The zero-order valence-electron chi connectivity index (χ0n) is 20.8. The van der Waals surface area contributed by atoms with Crippen molar-refractivity contribution < 1.29 is 33.9 Å². The SMILES string of the molecule is COC(=O)c1[nH]c(C)c(C(O)=C2C(=O)C(=O)N(CCN3CCOCC3)C2c2ccc([N+](=O)[O-])cc2)c1C. The van der Waals surface area contributed by atoms with Gasteiger partial charge in [-0.3, -0.25) is 24.6 Å². The van der Waals surface area contributed by atoms with Crippen LogP contribution in [0.15, 0.2) is 29.8 Å². The number of aromatic nitrogens is 1. The summed E-state index contributed by atoms with van der Waals surface area (Å²) in [4.78, 5) is 55.7. The van der Waals surface area contributed by atoms with Crippen LogP contribution in [0.25, 0.3) is 5.76 Å². The number of likely N-dealkylation sites (tertiary alicyclic amines) is 1. The summed E-state index contributed by atoms with van der Waals surface area (Å²) in [5.74, 6) is -2.73. The Morgan fingerprint density at radius 3 is 2.43 bits per heavy atom. The van der Waals surface area contributed by atoms with Crippen LogP contribution in [-0.2, 0) is 19.1 Å². The van der Waals surface area contributed by atoms with Gasteiger partial charge in [-0.15, -0.1) is 0 Å². The molecule has 1 aromatic heterocycles. The van der Waals surface area contributed by atoms with Crippen LogP contribution in [-0.4, -0.2) is 89.0 Å². The van der Waals surface area contributed by atoms with Crippen LogP contribution in [0.1, 0.15) is 38.9 Å². The van der Waals surface area contributed by atoms with Gasteiger partial charge in [-0.2, -0.15) is 0 Å². The molecule has 2 N–H and O–H groups in total. The topological polar surface area (TPSA) is 155 Å². The third kappa shape index (κ3) is 4.85. The zero-order chi connectivity index (χ0) is 26.9. The molecular formula is C25H28N4O8. The molecule has 196 valence electrons. The maximum Gasteiger partial charge on any atom is 0.354 e. The van der Waals surface area contributed by atoms with E-state index in [-0.39, 0.29) is 29.1 Å². The number of hydrogen-bond donors (Lipinski definition) is 2. The van der Waals surface area contributed by atoms with Gasteiger partial charge in [0, 0.05) is 49.6 Å². The lowest BCUT2D eigenvalue weighted by molar-refractivity contribution is -0.384. The van der Waals surface area contributed by atoms with Crippen molar-refractivity contribution in [1.82, 2.24) is 14.8 Å². The Labute approximate surface area is 212 Å². The predicted octanol–water partition coefficient (Wildman–Crippen LogP) is 2.08. The molecule has 1 atom stereocenters. The first-order valence-electron chi connectivity index (χ1n) is 11.8. The number of ether oxygens (including phenoxy) is 2. The molecule has 1 aromatic carbocycles. The molecule has 12 heteroatoms. The Kier molecular flexibility index (Phi) is 7.41. The number of nitrogens with zero attached hydrogens (tertiary/aromatic N) is 3. The number of carbonyl (C=O) groups excluding carboxylic acids is 3. The number of aliphatic hydroxyl groups is 1. The first-order valence-corrected chi connectivity index (χ1v) is 11.8. The number of Topliss-reactive ketones (excluding diaryl/α,β-unsaturated/α-hetero) is 1. The number of methoxy groups -OCH3 is 1. The van der Waals surface area contributed by atoms with Gasteiger partial charge in [-0.25, -0.2) is 4.79 Å². The van der Waals surface area contributed by atoms with E-state index in [0.29, 0.717) is 49.7 Å². The minimum atomic E-state index is -0.975. The molecule has 1 amide bonds.